The molecule has 1 rings (SSSR count). The lowest BCUT2D eigenvalue weighted by Crippen LogP contribution is -2.32. The van der Waals surface area contributed by atoms with Crippen LogP contribution in [0.5, 0.6) is 5.88 Å². The Morgan fingerprint density at radius 2 is 2.25 bits per heavy atom. The SMILES string of the molecule is CCC(COC)NCc1cccnc1OC. The van der Waals surface area contributed by atoms with Gasteiger partial charge in [0.15, 0.2) is 0 Å². The van der Waals surface area contributed by atoms with Gasteiger partial charge in [0.1, 0.15) is 0 Å². The van der Waals surface area contributed by atoms with Crippen LogP contribution < -0.4 is 10.1 Å². The number of pyridine rings is 1. The van der Waals surface area contributed by atoms with Gasteiger partial charge in [-0.05, 0) is 12.5 Å². The van der Waals surface area contributed by atoms with Crippen molar-refractivity contribution in [3.8, 4) is 5.88 Å². The summed E-state index contributed by atoms with van der Waals surface area (Å²) in [5.41, 5.74) is 1.07. The second-order valence-electron chi connectivity index (χ2n) is 3.61. The molecule has 0 aliphatic heterocycles. The van der Waals surface area contributed by atoms with E-state index in [0.29, 0.717) is 11.9 Å². The summed E-state index contributed by atoms with van der Waals surface area (Å²) >= 11 is 0. The molecule has 16 heavy (non-hydrogen) atoms. The number of hydrogen-bond donors (Lipinski definition) is 1. The van der Waals surface area contributed by atoms with Crippen molar-refractivity contribution in [2.24, 2.45) is 0 Å². The number of ether oxygens (including phenoxy) is 2. The van der Waals surface area contributed by atoms with Crippen molar-refractivity contribution in [1.82, 2.24) is 10.3 Å². The van der Waals surface area contributed by atoms with Crippen LogP contribution in [0.2, 0.25) is 0 Å². The molecule has 0 saturated carbocycles. The molecule has 0 aliphatic carbocycles. The fourth-order valence-electron chi connectivity index (χ4n) is 1.52. The maximum Gasteiger partial charge on any atom is 0.217 e. The van der Waals surface area contributed by atoms with Gasteiger partial charge in [-0.3, -0.25) is 0 Å². The first kappa shape index (κ1) is 12.9. The van der Waals surface area contributed by atoms with E-state index in [4.69, 9.17) is 9.47 Å². The van der Waals surface area contributed by atoms with E-state index < -0.39 is 0 Å². The standard InChI is InChI=1S/C12H20N2O2/c1-4-11(9-15-2)14-8-10-6-5-7-13-12(10)16-3/h5-7,11,14H,4,8-9H2,1-3H3. The molecule has 0 aromatic carbocycles. The number of rotatable bonds is 7. The van der Waals surface area contributed by atoms with Crippen LogP contribution in [0.4, 0.5) is 0 Å². The predicted molar refractivity (Wildman–Crippen MR) is 63.6 cm³/mol. The monoisotopic (exact) mass is 224 g/mol. The van der Waals surface area contributed by atoms with E-state index in [9.17, 15) is 0 Å². The van der Waals surface area contributed by atoms with E-state index in [2.05, 4.69) is 17.2 Å². The molecule has 0 radical (unpaired) electrons. The molecule has 0 bridgehead atoms. The van der Waals surface area contributed by atoms with Crippen molar-refractivity contribution in [2.45, 2.75) is 25.9 Å². The maximum absolute atomic E-state index is 5.19. The Morgan fingerprint density at radius 1 is 1.44 bits per heavy atom. The van der Waals surface area contributed by atoms with E-state index >= 15 is 0 Å². The van der Waals surface area contributed by atoms with Gasteiger partial charge in [-0.15, -0.1) is 0 Å². The van der Waals surface area contributed by atoms with Crippen molar-refractivity contribution in [2.75, 3.05) is 20.8 Å². The number of hydrogen-bond acceptors (Lipinski definition) is 4. The lowest BCUT2D eigenvalue weighted by Gasteiger charge is -2.16. The Morgan fingerprint density at radius 3 is 2.88 bits per heavy atom. The molecule has 1 aromatic rings. The molecule has 4 nitrogen and oxygen atoms in total. The Bertz CT molecular complexity index is 305. The van der Waals surface area contributed by atoms with Gasteiger partial charge in [0.05, 0.1) is 13.7 Å². The van der Waals surface area contributed by atoms with Crippen molar-refractivity contribution < 1.29 is 9.47 Å². The van der Waals surface area contributed by atoms with Gasteiger partial charge in [-0.25, -0.2) is 4.98 Å². The van der Waals surface area contributed by atoms with Gasteiger partial charge in [-0.2, -0.15) is 0 Å². The van der Waals surface area contributed by atoms with Crippen LogP contribution in [0.1, 0.15) is 18.9 Å². The highest BCUT2D eigenvalue weighted by Crippen LogP contribution is 2.13. The Labute approximate surface area is 97.0 Å². The largest absolute Gasteiger partial charge is 0.481 e. The second kappa shape index (κ2) is 7.19. The van der Waals surface area contributed by atoms with Gasteiger partial charge >= 0.3 is 0 Å². The average Bonchev–Trinajstić information content (AvgIpc) is 2.34. The van der Waals surface area contributed by atoms with Crippen molar-refractivity contribution in [1.29, 1.82) is 0 Å². The molecule has 4 heteroatoms. The molecule has 90 valence electrons. The van der Waals surface area contributed by atoms with Gasteiger partial charge in [0.2, 0.25) is 5.88 Å². The van der Waals surface area contributed by atoms with Crippen molar-refractivity contribution in [3.63, 3.8) is 0 Å². The van der Waals surface area contributed by atoms with Crippen LogP contribution in [0, 0.1) is 0 Å². The van der Waals surface area contributed by atoms with E-state index in [1.54, 1.807) is 20.4 Å². The third-order valence-electron chi connectivity index (χ3n) is 2.49. The molecular weight excluding hydrogens is 204 g/mol. The van der Waals surface area contributed by atoms with Crippen molar-refractivity contribution >= 4 is 0 Å². The summed E-state index contributed by atoms with van der Waals surface area (Å²) in [5.74, 6) is 0.683. The fourth-order valence-corrected chi connectivity index (χ4v) is 1.52. The highest BCUT2D eigenvalue weighted by atomic mass is 16.5. The van der Waals surface area contributed by atoms with Gasteiger partial charge in [0, 0.05) is 31.5 Å². The average molecular weight is 224 g/mol. The normalized spacial score (nSPS) is 12.4. The summed E-state index contributed by atoms with van der Waals surface area (Å²) in [6.07, 6.45) is 2.77. The quantitative estimate of drug-likeness (QED) is 0.764. The lowest BCUT2D eigenvalue weighted by atomic mass is 10.2. The lowest BCUT2D eigenvalue weighted by molar-refractivity contribution is 0.163. The van der Waals surface area contributed by atoms with E-state index in [1.807, 2.05) is 12.1 Å². The minimum atomic E-state index is 0.370. The highest BCUT2D eigenvalue weighted by molar-refractivity contribution is 5.25. The van der Waals surface area contributed by atoms with Crippen LogP contribution in [0.3, 0.4) is 0 Å². The molecule has 1 unspecified atom stereocenters. The molecule has 0 fully saturated rings. The Kier molecular flexibility index (Phi) is 5.82. The zero-order chi connectivity index (χ0) is 11.8. The van der Waals surface area contributed by atoms with Crippen LogP contribution >= 0.6 is 0 Å². The molecule has 0 spiro atoms. The first-order chi connectivity index (χ1) is 7.81. The minimum absolute atomic E-state index is 0.370. The van der Waals surface area contributed by atoms with Crippen LogP contribution in [0.15, 0.2) is 18.3 Å². The molecule has 0 amide bonds. The predicted octanol–water partition coefficient (Wildman–Crippen LogP) is 1.60. The molecule has 1 N–H and O–H groups in total. The topological polar surface area (TPSA) is 43.4 Å². The summed E-state index contributed by atoms with van der Waals surface area (Å²) in [5, 5.41) is 3.42. The van der Waals surface area contributed by atoms with Crippen LogP contribution in [-0.2, 0) is 11.3 Å². The van der Waals surface area contributed by atoms with E-state index in [1.165, 1.54) is 0 Å². The number of nitrogens with zero attached hydrogens (tertiary/aromatic N) is 1. The summed E-state index contributed by atoms with van der Waals surface area (Å²) in [7, 11) is 3.35. The van der Waals surface area contributed by atoms with E-state index in [-0.39, 0.29) is 0 Å². The Hall–Kier alpha value is -1.13. The number of nitrogens with one attached hydrogen (secondary N) is 1. The first-order valence-electron chi connectivity index (χ1n) is 5.52. The second-order valence-corrected chi connectivity index (χ2v) is 3.61. The highest BCUT2D eigenvalue weighted by Gasteiger charge is 2.07. The van der Waals surface area contributed by atoms with Crippen LogP contribution in [-0.4, -0.2) is 31.9 Å². The third kappa shape index (κ3) is 3.79. The minimum Gasteiger partial charge on any atom is -0.481 e. The van der Waals surface area contributed by atoms with Crippen molar-refractivity contribution in [3.05, 3.63) is 23.9 Å². The zero-order valence-corrected chi connectivity index (χ0v) is 10.2. The summed E-state index contributed by atoms with van der Waals surface area (Å²) < 4.78 is 10.3. The smallest absolute Gasteiger partial charge is 0.217 e. The zero-order valence-electron chi connectivity index (χ0n) is 10.2. The molecule has 1 aromatic heterocycles. The first-order valence-corrected chi connectivity index (χ1v) is 5.52. The fraction of sp³-hybridized carbons (Fsp3) is 0.583. The number of aromatic nitrogens is 1. The third-order valence-corrected chi connectivity index (χ3v) is 2.49. The van der Waals surface area contributed by atoms with Crippen LogP contribution in [0.25, 0.3) is 0 Å². The maximum atomic E-state index is 5.19. The van der Waals surface area contributed by atoms with Gasteiger partial charge < -0.3 is 14.8 Å². The Balaban J connectivity index is 2.52. The number of methoxy groups -OCH3 is 2. The molecule has 1 heterocycles. The summed E-state index contributed by atoms with van der Waals surface area (Å²) in [6.45, 7) is 3.61. The van der Waals surface area contributed by atoms with Gasteiger partial charge in [-0.1, -0.05) is 13.0 Å². The molecule has 0 saturated heterocycles. The summed E-state index contributed by atoms with van der Waals surface area (Å²) in [4.78, 5) is 4.15. The van der Waals surface area contributed by atoms with Gasteiger partial charge in [0.25, 0.3) is 0 Å². The molecular formula is C12H20N2O2. The molecule has 0 aliphatic rings. The summed E-state index contributed by atoms with van der Waals surface area (Å²) in [6, 6.07) is 4.30. The van der Waals surface area contributed by atoms with E-state index in [0.717, 1.165) is 25.1 Å². The molecule has 1 atom stereocenters.